The van der Waals surface area contributed by atoms with Crippen molar-refractivity contribution >= 4 is 44.3 Å². The number of nitrogens with zero attached hydrogens (tertiary/aromatic N) is 2. The molecule has 0 aliphatic carbocycles. The first kappa shape index (κ1) is 30.8. The van der Waals surface area contributed by atoms with Crippen molar-refractivity contribution in [3.63, 3.8) is 0 Å². The second-order valence-electron chi connectivity index (χ2n) is 10.9. The van der Waals surface area contributed by atoms with E-state index < -0.39 is 15.4 Å². The minimum absolute atomic E-state index is 0. The fraction of sp³-hybridized carbons (Fsp3) is 0.500. The van der Waals surface area contributed by atoms with Crippen LogP contribution in [0.3, 0.4) is 0 Å². The van der Waals surface area contributed by atoms with Gasteiger partial charge in [0.2, 0.25) is 10.0 Å². The van der Waals surface area contributed by atoms with Gasteiger partial charge in [-0.2, -0.15) is 0 Å². The first-order valence-corrected chi connectivity index (χ1v) is 14.3. The Morgan fingerprint density at radius 3 is 2.35 bits per heavy atom. The number of carbonyl (C=O) groups is 1. The number of ketones is 1. The number of benzene rings is 2. The van der Waals surface area contributed by atoms with Gasteiger partial charge >= 0.3 is 0 Å². The Morgan fingerprint density at radius 2 is 1.81 bits per heavy atom. The van der Waals surface area contributed by atoms with Crippen molar-refractivity contribution in [2.45, 2.75) is 52.4 Å². The SMILES string of the molecule is Br.CCCC1CN(CC(=O)c2cc(N(C)S(C)(=O)=O)c(O)c(C(C)(C)C)c2)C(=N)C1Cc1ccccc1. The number of nitrogens with one attached hydrogen (secondary N) is 1. The van der Waals surface area contributed by atoms with Crippen molar-refractivity contribution in [3.8, 4) is 5.75 Å². The average Bonchev–Trinajstić information content (AvgIpc) is 3.07. The maximum absolute atomic E-state index is 13.5. The van der Waals surface area contributed by atoms with Gasteiger partial charge in [0.05, 0.1) is 18.5 Å². The van der Waals surface area contributed by atoms with Crippen LogP contribution in [0.1, 0.15) is 62.0 Å². The third-order valence-electron chi connectivity index (χ3n) is 7.06. The first-order chi connectivity index (χ1) is 16.7. The first-order valence-electron chi connectivity index (χ1n) is 12.5. The van der Waals surface area contributed by atoms with Crippen LogP contribution < -0.4 is 4.31 Å². The average molecular weight is 595 g/mol. The van der Waals surface area contributed by atoms with Gasteiger partial charge in [0.25, 0.3) is 0 Å². The molecule has 0 bridgehead atoms. The van der Waals surface area contributed by atoms with E-state index in [1.807, 2.05) is 43.9 Å². The van der Waals surface area contributed by atoms with Crippen molar-refractivity contribution in [1.82, 2.24) is 4.90 Å². The van der Waals surface area contributed by atoms with Crippen LogP contribution in [0.25, 0.3) is 0 Å². The number of halogens is 1. The number of amidine groups is 1. The largest absolute Gasteiger partial charge is 0.505 e. The molecule has 37 heavy (non-hydrogen) atoms. The highest BCUT2D eigenvalue weighted by molar-refractivity contribution is 8.93. The third kappa shape index (κ3) is 7.13. The standard InChI is InChI=1S/C28H39N3O4S.BrH/c1-7-11-20-17-31(27(29)22(20)14-19-12-9-8-10-13-19)18-25(32)21-15-23(28(2,3)4)26(33)24(16-21)30(5)36(6,34)35;/h8-10,12-13,15-16,20,22,29,33H,7,11,14,17-18H2,1-6H3;1H. The molecule has 0 radical (unpaired) electrons. The Labute approximate surface area is 232 Å². The molecule has 204 valence electrons. The molecule has 2 aromatic carbocycles. The molecule has 0 spiro atoms. The molecular weight excluding hydrogens is 554 g/mol. The number of sulfonamides is 1. The van der Waals surface area contributed by atoms with Gasteiger partial charge in [-0.1, -0.05) is 64.4 Å². The number of likely N-dealkylation sites (tertiary alicyclic amines) is 1. The van der Waals surface area contributed by atoms with Gasteiger partial charge in [-0.3, -0.25) is 14.5 Å². The number of aromatic hydroxyl groups is 1. The maximum atomic E-state index is 13.5. The Balaban J connectivity index is 0.00000481. The number of hydrogen-bond donors (Lipinski definition) is 2. The van der Waals surface area contributed by atoms with E-state index in [0.717, 1.165) is 29.8 Å². The van der Waals surface area contributed by atoms with Crippen LogP contribution in [0.5, 0.6) is 5.75 Å². The highest BCUT2D eigenvalue weighted by Crippen LogP contribution is 2.40. The van der Waals surface area contributed by atoms with Gasteiger partial charge in [0.15, 0.2) is 5.78 Å². The summed E-state index contributed by atoms with van der Waals surface area (Å²) in [6.07, 6.45) is 3.83. The molecule has 9 heteroatoms. The number of phenolic OH excluding ortho intramolecular Hbond substituents is 1. The Kier molecular flexibility index (Phi) is 9.99. The zero-order valence-corrected chi connectivity index (χ0v) is 25.1. The lowest BCUT2D eigenvalue weighted by Gasteiger charge is -2.27. The van der Waals surface area contributed by atoms with Gasteiger partial charge in [-0.05, 0) is 41.9 Å². The van der Waals surface area contributed by atoms with Crippen LogP contribution in [-0.2, 0) is 21.9 Å². The summed E-state index contributed by atoms with van der Waals surface area (Å²) in [5.74, 6) is 0.481. The van der Waals surface area contributed by atoms with E-state index in [2.05, 4.69) is 19.1 Å². The molecule has 0 saturated carbocycles. The monoisotopic (exact) mass is 593 g/mol. The molecule has 1 fully saturated rings. The van der Waals surface area contributed by atoms with Gasteiger partial charge in [-0.15, -0.1) is 17.0 Å². The van der Waals surface area contributed by atoms with Crippen LogP contribution in [0, 0.1) is 17.2 Å². The maximum Gasteiger partial charge on any atom is 0.232 e. The summed E-state index contributed by atoms with van der Waals surface area (Å²) in [7, 11) is -2.28. The topological polar surface area (TPSA) is 102 Å². The summed E-state index contributed by atoms with van der Waals surface area (Å²) >= 11 is 0. The summed E-state index contributed by atoms with van der Waals surface area (Å²) in [4.78, 5) is 15.4. The fourth-order valence-electron chi connectivity index (χ4n) is 4.95. The Hall–Kier alpha value is -2.39. The second kappa shape index (κ2) is 12.0. The van der Waals surface area contributed by atoms with Crippen molar-refractivity contribution in [2.75, 3.05) is 30.7 Å². The Morgan fingerprint density at radius 1 is 1.19 bits per heavy atom. The lowest BCUT2D eigenvalue weighted by Crippen LogP contribution is -2.33. The smallest absolute Gasteiger partial charge is 0.232 e. The lowest BCUT2D eigenvalue weighted by atomic mass is 9.84. The highest BCUT2D eigenvalue weighted by atomic mass is 79.9. The van der Waals surface area contributed by atoms with Gasteiger partial charge in [0.1, 0.15) is 11.6 Å². The predicted molar refractivity (Wildman–Crippen MR) is 156 cm³/mol. The number of anilines is 1. The molecular formula is C28H40BrN3O4S. The molecule has 3 rings (SSSR count). The van der Waals surface area contributed by atoms with Crippen LogP contribution in [0.15, 0.2) is 42.5 Å². The molecule has 2 aromatic rings. The van der Waals surface area contributed by atoms with Crippen LogP contribution in [0.4, 0.5) is 5.69 Å². The van der Waals surface area contributed by atoms with Crippen molar-refractivity contribution < 1.29 is 18.3 Å². The zero-order valence-electron chi connectivity index (χ0n) is 22.6. The predicted octanol–water partition coefficient (Wildman–Crippen LogP) is 5.41. The lowest BCUT2D eigenvalue weighted by molar-refractivity contribution is 0.0963. The summed E-state index contributed by atoms with van der Waals surface area (Å²) in [5, 5.41) is 19.8. The molecule has 1 saturated heterocycles. The molecule has 7 nitrogen and oxygen atoms in total. The molecule has 2 unspecified atom stereocenters. The van der Waals surface area contributed by atoms with Gasteiger partial charge in [0, 0.05) is 30.6 Å². The van der Waals surface area contributed by atoms with Crippen molar-refractivity contribution in [1.29, 1.82) is 5.41 Å². The van der Waals surface area contributed by atoms with Gasteiger partial charge in [-0.25, -0.2) is 8.42 Å². The van der Waals surface area contributed by atoms with Crippen LogP contribution in [-0.4, -0.2) is 56.4 Å². The second-order valence-corrected chi connectivity index (χ2v) is 12.9. The number of carbonyl (C=O) groups excluding carboxylic acids is 1. The Bertz CT molecular complexity index is 1230. The number of rotatable bonds is 9. The van der Waals surface area contributed by atoms with Gasteiger partial charge < -0.3 is 10.0 Å². The summed E-state index contributed by atoms with van der Waals surface area (Å²) < 4.78 is 25.4. The summed E-state index contributed by atoms with van der Waals surface area (Å²) in [6, 6.07) is 13.2. The molecule has 2 N–H and O–H groups in total. The normalized spacial score (nSPS) is 18.0. The van der Waals surface area contributed by atoms with E-state index in [-0.39, 0.29) is 46.7 Å². The molecule has 0 aromatic heterocycles. The van der Waals surface area contributed by atoms with E-state index in [1.54, 1.807) is 6.07 Å². The minimum Gasteiger partial charge on any atom is -0.505 e. The quantitative estimate of drug-likeness (QED) is 0.378. The minimum atomic E-state index is -3.65. The zero-order chi connectivity index (χ0) is 26.8. The van der Waals surface area contributed by atoms with Crippen molar-refractivity contribution in [2.24, 2.45) is 11.8 Å². The number of hydrogen-bond acceptors (Lipinski definition) is 5. The van der Waals surface area contributed by atoms with E-state index in [0.29, 0.717) is 29.4 Å². The molecule has 0 amide bonds. The number of phenols is 1. The summed E-state index contributed by atoms with van der Waals surface area (Å²) in [6.45, 7) is 8.54. The van der Waals surface area contributed by atoms with E-state index in [9.17, 15) is 18.3 Å². The van der Waals surface area contributed by atoms with E-state index in [1.165, 1.54) is 18.7 Å². The van der Waals surface area contributed by atoms with Crippen LogP contribution in [0.2, 0.25) is 0 Å². The highest BCUT2D eigenvalue weighted by Gasteiger charge is 2.38. The molecule has 1 heterocycles. The molecule has 1 aliphatic heterocycles. The fourth-order valence-corrected chi connectivity index (χ4v) is 5.44. The summed E-state index contributed by atoms with van der Waals surface area (Å²) in [5.41, 5.74) is 1.58. The number of Topliss-reactive ketones (excluding diaryl/α,β-unsaturated/α-hetero) is 1. The molecule has 2 atom stereocenters. The van der Waals surface area contributed by atoms with Crippen LogP contribution >= 0.6 is 17.0 Å². The van der Waals surface area contributed by atoms with Crippen molar-refractivity contribution in [3.05, 3.63) is 59.2 Å². The molecule has 1 aliphatic rings. The van der Waals surface area contributed by atoms with E-state index >= 15 is 0 Å². The third-order valence-corrected chi connectivity index (χ3v) is 8.26. The van der Waals surface area contributed by atoms with E-state index in [4.69, 9.17) is 5.41 Å².